The maximum atomic E-state index is 13.1. The molecule has 1 saturated heterocycles. The molecule has 1 aromatic heterocycles. The van der Waals surface area contributed by atoms with E-state index in [9.17, 15) is 14.0 Å². The molecule has 1 amide bonds. The third kappa shape index (κ3) is 3.66. The van der Waals surface area contributed by atoms with E-state index in [0.29, 0.717) is 18.1 Å². The predicted molar refractivity (Wildman–Crippen MR) is 84.0 cm³/mol. The van der Waals surface area contributed by atoms with Crippen LogP contribution in [-0.2, 0) is 9.53 Å². The summed E-state index contributed by atoms with van der Waals surface area (Å²) in [5, 5.41) is 13.2. The molecular formula is C16H17FN4O4. The molecule has 132 valence electrons. The van der Waals surface area contributed by atoms with Gasteiger partial charge in [-0.05, 0) is 31.2 Å². The topological polar surface area (TPSA) is 97.6 Å². The Labute approximate surface area is 142 Å². The Hall–Kier alpha value is -2.81. The van der Waals surface area contributed by atoms with Crippen LogP contribution in [0.4, 0.5) is 4.39 Å². The van der Waals surface area contributed by atoms with Gasteiger partial charge in [0.1, 0.15) is 11.6 Å². The van der Waals surface area contributed by atoms with E-state index in [1.54, 1.807) is 6.92 Å². The third-order valence-electron chi connectivity index (χ3n) is 3.93. The number of aryl methyl sites for hydroxylation is 1. The van der Waals surface area contributed by atoms with E-state index < -0.39 is 17.9 Å². The number of hydrogen-bond donors (Lipinski definition) is 1. The van der Waals surface area contributed by atoms with Crippen LogP contribution in [0.3, 0.4) is 0 Å². The van der Waals surface area contributed by atoms with Crippen LogP contribution in [0.2, 0.25) is 0 Å². The Morgan fingerprint density at radius 2 is 2.08 bits per heavy atom. The van der Waals surface area contributed by atoms with Crippen molar-refractivity contribution in [2.24, 2.45) is 0 Å². The number of carbonyl (C=O) groups excluding carboxylic acids is 1. The molecule has 8 nitrogen and oxygen atoms in total. The second-order valence-corrected chi connectivity index (χ2v) is 5.70. The maximum Gasteiger partial charge on any atom is 0.305 e. The van der Waals surface area contributed by atoms with Gasteiger partial charge in [-0.15, -0.1) is 5.10 Å². The van der Waals surface area contributed by atoms with Gasteiger partial charge in [-0.2, -0.15) is 0 Å². The van der Waals surface area contributed by atoms with Crippen LogP contribution in [0.25, 0.3) is 5.69 Å². The van der Waals surface area contributed by atoms with Crippen LogP contribution in [0, 0.1) is 12.7 Å². The molecule has 2 aromatic rings. The van der Waals surface area contributed by atoms with Gasteiger partial charge in [-0.3, -0.25) is 9.59 Å². The minimum absolute atomic E-state index is 0.0286. The molecule has 1 N–H and O–H groups in total. The molecule has 1 aromatic carbocycles. The summed E-state index contributed by atoms with van der Waals surface area (Å²) in [5.74, 6) is -1.38. The molecule has 1 aliphatic rings. The number of aliphatic carboxylic acids is 1. The van der Waals surface area contributed by atoms with Crippen molar-refractivity contribution in [3.63, 3.8) is 0 Å². The van der Waals surface area contributed by atoms with Crippen LogP contribution in [0.15, 0.2) is 24.3 Å². The molecule has 0 aliphatic carbocycles. The van der Waals surface area contributed by atoms with Gasteiger partial charge in [0.15, 0.2) is 0 Å². The molecule has 1 unspecified atom stereocenters. The van der Waals surface area contributed by atoms with E-state index in [1.165, 1.54) is 33.8 Å². The first kappa shape index (κ1) is 17.0. The minimum Gasteiger partial charge on any atom is -0.481 e. The number of aromatic nitrogens is 3. The first-order valence-corrected chi connectivity index (χ1v) is 7.76. The standard InChI is InChI=1S/C16H17FN4O4/c1-10-18-15(19-21(10)12-4-2-11(17)3-5-12)16(24)20-6-7-25-9-13(20)8-14(22)23/h2-5,13H,6-9H2,1H3,(H,22,23). The maximum absolute atomic E-state index is 13.1. The number of ether oxygens (including phenoxy) is 1. The Balaban J connectivity index is 1.85. The van der Waals surface area contributed by atoms with Crippen molar-refractivity contribution >= 4 is 11.9 Å². The summed E-state index contributed by atoms with van der Waals surface area (Å²) < 4.78 is 19.8. The van der Waals surface area contributed by atoms with E-state index in [0.717, 1.165) is 0 Å². The first-order valence-electron chi connectivity index (χ1n) is 7.76. The van der Waals surface area contributed by atoms with Gasteiger partial charge in [0, 0.05) is 6.54 Å². The van der Waals surface area contributed by atoms with E-state index >= 15 is 0 Å². The molecule has 9 heteroatoms. The number of amides is 1. The molecule has 0 radical (unpaired) electrons. The molecule has 0 spiro atoms. The quantitative estimate of drug-likeness (QED) is 0.886. The highest BCUT2D eigenvalue weighted by Crippen LogP contribution is 2.16. The Morgan fingerprint density at radius 1 is 1.36 bits per heavy atom. The van der Waals surface area contributed by atoms with Crippen molar-refractivity contribution in [3.05, 3.63) is 41.7 Å². The van der Waals surface area contributed by atoms with E-state index in [2.05, 4.69) is 10.1 Å². The summed E-state index contributed by atoms with van der Waals surface area (Å²) in [6.07, 6.45) is -0.205. The minimum atomic E-state index is -1.01. The average Bonchev–Trinajstić information content (AvgIpc) is 2.97. The molecule has 1 aliphatic heterocycles. The number of rotatable bonds is 4. The van der Waals surface area contributed by atoms with Gasteiger partial charge in [0.25, 0.3) is 5.91 Å². The third-order valence-corrected chi connectivity index (χ3v) is 3.93. The number of halogens is 1. The highest BCUT2D eigenvalue weighted by atomic mass is 19.1. The lowest BCUT2D eigenvalue weighted by Gasteiger charge is -2.33. The fraction of sp³-hybridized carbons (Fsp3) is 0.375. The smallest absolute Gasteiger partial charge is 0.305 e. The van der Waals surface area contributed by atoms with Crippen LogP contribution in [0.1, 0.15) is 22.9 Å². The summed E-state index contributed by atoms with van der Waals surface area (Å²) >= 11 is 0. The predicted octanol–water partition coefficient (Wildman–Crippen LogP) is 1.03. The zero-order valence-corrected chi connectivity index (χ0v) is 13.6. The fourth-order valence-electron chi connectivity index (χ4n) is 2.73. The number of carboxylic acid groups (broad SMARTS) is 1. The van der Waals surface area contributed by atoms with Crippen molar-refractivity contribution in [1.82, 2.24) is 19.7 Å². The average molecular weight is 348 g/mol. The van der Waals surface area contributed by atoms with Gasteiger partial charge in [-0.25, -0.2) is 14.1 Å². The number of nitrogens with zero attached hydrogens (tertiary/aromatic N) is 4. The number of carboxylic acids is 1. The number of benzene rings is 1. The van der Waals surface area contributed by atoms with Crippen molar-refractivity contribution in [2.75, 3.05) is 19.8 Å². The second kappa shape index (κ2) is 6.98. The van der Waals surface area contributed by atoms with Crippen LogP contribution >= 0.6 is 0 Å². The van der Waals surface area contributed by atoms with Crippen molar-refractivity contribution < 1.29 is 23.8 Å². The number of carbonyl (C=O) groups is 2. The van der Waals surface area contributed by atoms with Crippen molar-refractivity contribution in [2.45, 2.75) is 19.4 Å². The van der Waals surface area contributed by atoms with Gasteiger partial charge >= 0.3 is 5.97 Å². The zero-order valence-electron chi connectivity index (χ0n) is 13.6. The summed E-state index contributed by atoms with van der Waals surface area (Å²) in [6, 6.07) is 5.10. The highest BCUT2D eigenvalue weighted by molar-refractivity contribution is 5.91. The zero-order chi connectivity index (χ0) is 18.0. The summed E-state index contributed by atoms with van der Waals surface area (Å²) in [6.45, 7) is 2.46. The summed E-state index contributed by atoms with van der Waals surface area (Å²) in [4.78, 5) is 29.3. The fourth-order valence-corrected chi connectivity index (χ4v) is 2.73. The Kier molecular flexibility index (Phi) is 4.75. The lowest BCUT2D eigenvalue weighted by Crippen LogP contribution is -2.49. The molecule has 3 rings (SSSR count). The lowest BCUT2D eigenvalue weighted by atomic mass is 10.1. The largest absolute Gasteiger partial charge is 0.481 e. The molecule has 25 heavy (non-hydrogen) atoms. The molecular weight excluding hydrogens is 331 g/mol. The normalized spacial score (nSPS) is 17.5. The lowest BCUT2D eigenvalue weighted by molar-refractivity contribution is -0.139. The van der Waals surface area contributed by atoms with E-state index in [4.69, 9.17) is 9.84 Å². The Morgan fingerprint density at radius 3 is 2.76 bits per heavy atom. The van der Waals surface area contributed by atoms with E-state index in [-0.39, 0.29) is 31.2 Å². The molecule has 0 saturated carbocycles. The van der Waals surface area contributed by atoms with Gasteiger partial charge in [-0.1, -0.05) is 0 Å². The molecule has 1 atom stereocenters. The summed E-state index contributed by atoms with van der Waals surface area (Å²) in [7, 11) is 0. The van der Waals surface area contributed by atoms with E-state index in [1.807, 2.05) is 0 Å². The van der Waals surface area contributed by atoms with Crippen molar-refractivity contribution in [1.29, 1.82) is 0 Å². The Bertz CT molecular complexity index is 790. The highest BCUT2D eigenvalue weighted by Gasteiger charge is 2.32. The van der Waals surface area contributed by atoms with Crippen LogP contribution in [-0.4, -0.2) is 62.4 Å². The van der Waals surface area contributed by atoms with Crippen LogP contribution < -0.4 is 0 Å². The number of morpholine rings is 1. The monoisotopic (exact) mass is 348 g/mol. The van der Waals surface area contributed by atoms with Crippen LogP contribution in [0.5, 0.6) is 0 Å². The van der Waals surface area contributed by atoms with Gasteiger partial charge in [0.05, 0.1) is 31.4 Å². The van der Waals surface area contributed by atoms with Gasteiger partial charge in [0.2, 0.25) is 5.82 Å². The molecule has 0 bridgehead atoms. The second-order valence-electron chi connectivity index (χ2n) is 5.70. The number of hydrogen-bond acceptors (Lipinski definition) is 5. The SMILES string of the molecule is Cc1nc(C(=O)N2CCOCC2CC(=O)O)nn1-c1ccc(F)cc1. The summed E-state index contributed by atoms with van der Waals surface area (Å²) in [5.41, 5.74) is 0.578. The first-order chi connectivity index (χ1) is 12.0. The molecule has 1 fully saturated rings. The molecule has 2 heterocycles. The van der Waals surface area contributed by atoms with Crippen molar-refractivity contribution in [3.8, 4) is 5.69 Å². The van der Waals surface area contributed by atoms with Gasteiger partial charge < -0.3 is 14.7 Å².